The Labute approximate surface area is 116 Å². The molecule has 0 N–H and O–H groups in total. The fourth-order valence-electron chi connectivity index (χ4n) is 1.15. The van der Waals surface area contributed by atoms with Crippen LogP contribution >= 0.6 is 34.9 Å². The smallest absolute Gasteiger partial charge is 0.283 e. The highest BCUT2D eigenvalue weighted by Crippen LogP contribution is 2.28. The van der Waals surface area contributed by atoms with Crippen LogP contribution in [0.3, 0.4) is 0 Å². The van der Waals surface area contributed by atoms with Crippen LogP contribution in [-0.4, -0.2) is 15.9 Å². The maximum Gasteiger partial charge on any atom is 0.283 e. The van der Waals surface area contributed by atoms with Gasteiger partial charge in [0.1, 0.15) is 11.5 Å². The van der Waals surface area contributed by atoms with E-state index in [1.165, 1.54) is 13.2 Å². The van der Waals surface area contributed by atoms with Crippen LogP contribution in [-0.2, 0) is 0 Å². The number of halogens is 2. The lowest BCUT2D eigenvalue weighted by Gasteiger charge is -2.06. The van der Waals surface area contributed by atoms with E-state index in [1.54, 1.807) is 12.1 Å². The Morgan fingerprint density at radius 2 is 1.89 bits per heavy atom. The van der Waals surface area contributed by atoms with Gasteiger partial charge in [0.15, 0.2) is 5.15 Å². The molecule has 0 bridgehead atoms. The van der Waals surface area contributed by atoms with Crippen molar-refractivity contribution in [3.63, 3.8) is 0 Å². The summed E-state index contributed by atoms with van der Waals surface area (Å²) in [5.74, 6) is 0.691. The molecule has 2 rings (SSSR count). The minimum atomic E-state index is -0.575. The number of hydrogen-bond donors (Lipinski definition) is 0. The molecule has 0 fully saturated rings. The first-order chi connectivity index (χ1) is 8.60. The lowest BCUT2D eigenvalue weighted by atomic mass is 10.3. The number of ether oxygens (including phenoxy) is 2. The molecule has 0 spiro atoms. The molecule has 0 aliphatic rings. The number of hydrogen-bond acceptors (Lipinski definition) is 6. The highest BCUT2D eigenvalue weighted by Gasteiger charge is 2.10. The van der Waals surface area contributed by atoms with Gasteiger partial charge in [-0.15, -0.1) is 4.37 Å². The molecule has 0 saturated carbocycles. The van der Waals surface area contributed by atoms with Gasteiger partial charge in [0.2, 0.25) is 0 Å². The second-order valence-electron chi connectivity index (χ2n) is 3.12. The molecule has 0 radical (unpaired) electrons. The summed E-state index contributed by atoms with van der Waals surface area (Å²) in [4.78, 5) is 11.6. The zero-order valence-electron chi connectivity index (χ0n) is 9.02. The van der Waals surface area contributed by atoms with E-state index in [0.717, 1.165) is 11.7 Å². The Kier molecular flexibility index (Phi) is 4.00. The van der Waals surface area contributed by atoms with Crippen LogP contribution in [0.4, 0.5) is 0 Å². The van der Waals surface area contributed by atoms with Crippen LogP contribution in [0, 0.1) is 0 Å². The van der Waals surface area contributed by atoms with E-state index in [2.05, 4.69) is 8.75 Å². The molecule has 0 unspecified atom stereocenters. The van der Waals surface area contributed by atoms with Gasteiger partial charge in [0.05, 0.1) is 18.8 Å². The first-order valence-electron chi connectivity index (χ1n) is 4.65. The third kappa shape index (κ3) is 2.90. The molecule has 0 atom stereocenters. The summed E-state index contributed by atoms with van der Waals surface area (Å²) < 4.78 is 17.7. The summed E-state index contributed by atoms with van der Waals surface area (Å²) in [6.07, 6.45) is 0. The predicted octanol–water partition coefficient (Wildman–Crippen LogP) is 3.01. The van der Waals surface area contributed by atoms with Crippen molar-refractivity contribution in [3.05, 3.63) is 38.6 Å². The van der Waals surface area contributed by atoms with Crippen LogP contribution in [0.1, 0.15) is 0 Å². The fraction of sp³-hybridized carbons (Fsp3) is 0.100. The quantitative estimate of drug-likeness (QED) is 0.872. The van der Waals surface area contributed by atoms with E-state index in [9.17, 15) is 4.79 Å². The summed E-state index contributed by atoms with van der Waals surface area (Å²) in [6, 6.07) is 4.72. The van der Waals surface area contributed by atoms with E-state index < -0.39 is 5.43 Å². The number of aromatic nitrogens is 2. The summed E-state index contributed by atoms with van der Waals surface area (Å²) in [6.45, 7) is 0. The van der Waals surface area contributed by atoms with Gasteiger partial charge in [0, 0.05) is 11.1 Å². The Balaban J connectivity index is 2.37. The molecule has 0 amide bonds. The molecule has 0 aliphatic carbocycles. The number of benzene rings is 1. The van der Waals surface area contributed by atoms with Gasteiger partial charge in [-0.1, -0.05) is 23.2 Å². The highest BCUT2D eigenvalue weighted by atomic mass is 35.5. The molecule has 1 heterocycles. The normalized spacial score (nSPS) is 10.2. The van der Waals surface area contributed by atoms with Crippen LogP contribution in [0.25, 0.3) is 0 Å². The molecular formula is C10H6Cl2N2O3S. The van der Waals surface area contributed by atoms with Crippen LogP contribution in [0.5, 0.6) is 17.4 Å². The minimum absolute atomic E-state index is 0.149. The standard InChI is InChI=1S/C10H6Cl2N2O3S/c1-16-6-2-5(11)3-7(4-6)17-10-8(15)9(12)13-18-14-10/h2-4H,1H3. The van der Waals surface area contributed by atoms with Crippen molar-refractivity contribution in [2.24, 2.45) is 0 Å². The first-order valence-corrected chi connectivity index (χ1v) is 6.13. The average Bonchev–Trinajstić information content (AvgIpc) is 2.34. The van der Waals surface area contributed by atoms with E-state index in [4.69, 9.17) is 32.7 Å². The van der Waals surface area contributed by atoms with Gasteiger partial charge < -0.3 is 9.47 Å². The Bertz CT molecular complexity index is 633. The second-order valence-corrected chi connectivity index (χ2v) is 4.44. The Morgan fingerprint density at radius 3 is 2.61 bits per heavy atom. The van der Waals surface area contributed by atoms with E-state index >= 15 is 0 Å². The van der Waals surface area contributed by atoms with Crippen LogP contribution in [0.2, 0.25) is 10.2 Å². The van der Waals surface area contributed by atoms with Crippen molar-refractivity contribution in [2.45, 2.75) is 0 Å². The van der Waals surface area contributed by atoms with E-state index in [0.29, 0.717) is 16.5 Å². The monoisotopic (exact) mass is 304 g/mol. The summed E-state index contributed by atoms with van der Waals surface area (Å²) >= 11 is 12.2. The van der Waals surface area contributed by atoms with Crippen molar-refractivity contribution < 1.29 is 9.47 Å². The largest absolute Gasteiger partial charge is 0.497 e. The molecule has 94 valence electrons. The van der Waals surface area contributed by atoms with Gasteiger partial charge in [-0.05, 0) is 12.1 Å². The van der Waals surface area contributed by atoms with E-state index in [1.807, 2.05) is 0 Å². The molecule has 8 heteroatoms. The van der Waals surface area contributed by atoms with Gasteiger partial charge >= 0.3 is 0 Å². The average molecular weight is 305 g/mol. The van der Waals surface area contributed by atoms with Crippen molar-refractivity contribution in [1.29, 1.82) is 0 Å². The topological polar surface area (TPSA) is 61.3 Å². The minimum Gasteiger partial charge on any atom is -0.497 e. The van der Waals surface area contributed by atoms with Crippen molar-refractivity contribution >= 4 is 34.9 Å². The van der Waals surface area contributed by atoms with Crippen LogP contribution in [0.15, 0.2) is 23.0 Å². The Morgan fingerprint density at radius 1 is 1.17 bits per heavy atom. The third-order valence-electron chi connectivity index (χ3n) is 1.92. The van der Waals surface area contributed by atoms with Crippen LogP contribution < -0.4 is 14.9 Å². The van der Waals surface area contributed by atoms with Crippen molar-refractivity contribution in [1.82, 2.24) is 8.75 Å². The SMILES string of the molecule is COc1cc(Cl)cc(Oc2nsnc(Cl)c2=O)c1. The lowest BCUT2D eigenvalue weighted by Crippen LogP contribution is -2.07. The van der Waals surface area contributed by atoms with Crippen molar-refractivity contribution in [3.8, 4) is 17.4 Å². The first kappa shape index (κ1) is 13.1. The maximum absolute atomic E-state index is 11.6. The molecule has 5 nitrogen and oxygen atoms in total. The molecule has 18 heavy (non-hydrogen) atoms. The molecule has 1 aromatic heterocycles. The van der Waals surface area contributed by atoms with Gasteiger partial charge in [0.25, 0.3) is 11.3 Å². The number of methoxy groups -OCH3 is 1. The predicted molar refractivity (Wildman–Crippen MR) is 69.3 cm³/mol. The number of nitrogens with zero attached hydrogens (tertiary/aromatic N) is 2. The van der Waals surface area contributed by atoms with Gasteiger partial charge in [-0.2, -0.15) is 4.37 Å². The zero-order chi connectivity index (χ0) is 13.1. The number of rotatable bonds is 3. The van der Waals surface area contributed by atoms with Crippen molar-refractivity contribution in [2.75, 3.05) is 7.11 Å². The maximum atomic E-state index is 11.6. The molecule has 1 aromatic carbocycles. The Hall–Kier alpha value is -1.37. The molecule has 2 aromatic rings. The zero-order valence-corrected chi connectivity index (χ0v) is 11.3. The summed E-state index contributed by atoms with van der Waals surface area (Å²) in [5, 5.41) is 0.236. The lowest BCUT2D eigenvalue weighted by molar-refractivity contribution is 0.407. The van der Waals surface area contributed by atoms with Gasteiger partial charge in [-0.3, -0.25) is 4.79 Å². The van der Waals surface area contributed by atoms with Gasteiger partial charge in [-0.25, -0.2) is 0 Å². The highest BCUT2D eigenvalue weighted by molar-refractivity contribution is 6.99. The summed E-state index contributed by atoms with van der Waals surface area (Å²) in [5.41, 5.74) is -0.575. The van der Waals surface area contributed by atoms with E-state index in [-0.39, 0.29) is 11.0 Å². The molecule has 0 aliphatic heterocycles. The molecular weight excluding hydrogens is 299 g/mol. The molecule has 0 saturated heterocycles. The summed E-state index contributed by atoms with van der Waals surface area (Å²) in [7, 11) is 1.50. The fourth-order valence-corrected chi connectivity index (χ4v) is 1.93. The third-order valence-corrected chi connectivity index (χ3v) is 3.01. The second kappa shape index (κ2) is 5.51.